The van der Waals surface area contributed by atoms with Crippen molar-refractivity contribution >= 4 is 12.1 Å². The van der Waals surface area contributed by atoms with Gasteiger partial charge in [-0.3, -0.25) is 4.79 Å². The van der Waals surface area contributed by atoms with Gasteiger partial charge in [0, 0.05) is 5.56 Å². The zero-order chi connectivity index (χ0) is 25.6. The van der Waals surface area contributed by atoms with E-state index in [1.54, 1.807) is 6.07 Å². The Bertz CT molecular complexity index is 1210. The molecule has 0 saturated carbocycles. The molecule has 0 heterocycles. The maximum Gasteiger partial charge on any atom is 0.416 e. The second kappa shape index (κ2) is 10.5. The molecule has 1 N–H and O–H groups in total. The minimum absolute atomic E-state index is 0.00827. The molecule has 0 fully saturated rings. The fraction of sp³-hybridized carbons (Fsp3) is 0.167. The molecule has 0 spiro atoms. The monoisotopic (exact) mass is 496 g/mol. The first-order chi connectivity index (χ1) is 16.5. The molecule has 0 aromatic heterocycles. The van der Waals surface area contributed by atoms with Crippen molar-refractivity contribution in [3.8, 4) is 11.5 Å². The summed E-state index contributed by atoms with van der Waals surface area (Å²) in [7, 11) is 1.37. The maximum atomic E-state index is 12.9. The second-order valence-electron chi connectivity index (χ2n) is 7.17. The molecule has 11 heteroatoms. The van der Waals surface area contributed by atoms with Crippen LogP contribution in [0.4, 0.5) is 26.3 Å². The minimum atomic E-state index is -4.50. The van der Waals surface area contributed by atoms with Crippen LogP contribution in [0, 0.1) is 0 Å². The number of carbonyl (C=O) groups is 1. The zero-order valence-electron chi connectivity index (χ0n) is 18.1. The van der Waals surface area contributed by atoms with E-state index in [0.717, 1.165) is 36.4 Å². The van der Waals surface area contributed by atoms with Crippen molar-refractivity contribution in [3.63, 3.8) is 0 Å². The molecule has 3 aromatic carbocycles. The summed E-state index contributed by atoms with van der Waals surface area (Å²) in [6, 6.07) is 13.0. The van der Waals surface area contributed by atoms with E-state index in [9.17, 15) is 31.1 Å². The van der Waals surface area contributed by atoms with Gasteiger partial charge in [0.2, 0.25) is 0 Å². The highest BCUT2D eigenvalue weighted by Gasteiger charge is 2.31. The number of hydrogen-bond donors (Lipinski definition) is 1. The molecule has 0 bridgehead atoms. The largest absolute Gasteiger partial charge is 0.493 e. The van der Waals surface area contributed by atoms with Crippen molar-refractivity contribution in [2.24, 2.45) is 5.10 Å². The van der Waals surface area contributed by atoms with E-state index in [1.165, 1.54) is 37.6 Å². The van der Waals surface area contributed by atoms with Gasteiger partial charge in [-0.25, -0.2) is 5.43 Å². The molecule has 0 radical (unpaired) electrons. The van der Waals surface area contributed by atoms with Crippen LogP contribution in [0.5, 0.6) is 11.5 Å². The topological polar surface area (TPSA) is 59.9 Å². The van der Waals surface area contributed by atoms with Crippen LogP contribution in [0.1, 0.15) is 32.6 Å². The number of methoxy groups -OCH3 is 1. The summed E-state index contributed by atoms with van der Waals surface area (Å²) in [4.78, 5) is 12.1. The lowest BCUT2D eigenvalue weighted by molar-refractivity contribution is -0.138. The van der Waals surface area contributed by atoms with Crippen LogP contribution in [0.15, 0.2) is 71.8 Å². The number of nitrogens with zero attached hydrogens (tertiary/aromatic N) is 1. The van der Waals surface area contributed by atoms with E-state index in [2.05, 4.69) is 10.5 Å². The number of halogens is 6. The number of alkyl halides is 6. The molecule has 0 aliphatic rings. The van der Waals surface area contributed by atoms with Gasteiger partial charge in [0.15, 0.2) is 11.5 Å². The van der Waals surface area contributed by atoms with Crippen LogP contribution in [-0.2, 0) is 19.0 Å². The van der Waals surface area contributed by atoms with Crippen LogP contribution in [0.2, 0.25) is 0 Å². The van der Waals surface area contributed by atoms with E-state index >= 15 is 0 Å². The molecule has 0 aliphatic carbocycles. The van der Waals surface area contributed by atoms with Crippen LogP contribution in [0.3, 0.4) is 0 Å². The number of nitrogens with one attached hydrogen (secondary N) is 1. The third kappa shape index (κ3) is 6.98. The molecule has 3 rings (SSSR count). The van der Waals surface area contributed by atoms with Crippen LogP contribution < -0.4 is 14.9 Å². The van der Waals surface area contributed by atoms with Crippen molar-refractivity contribution in [1.29, 1.82) is 0 Å². The summed E-state index contributed by atoms with van der Waals surface area (Å²) >= 11 is 0. The maximum absolute atomic E-state index is 12.9. The fourth-order valence-corrected chi connectivity index (χ4v) is 2.92. The lowest BCUT2D eigenvalue weighted by atomic mass is 10.1. The average molecular weight is 496 g/mol. The van der Waals surface area contributed by atoms with Gasteiger partial charge in [-0.1, -0.05) is 12.1 Å². The van der Waals surface area contributed by atoms with E-state index in [1.807, 2.05) is 0 Å². The summed E-state index contributed by atoms with van der Waals surface area (Å²) in [6.45, 7) is -0.128. The summed E-state index contributed by atoms with van der Waals surface area (Å²) in [6.07, 6.45) is -7.69. The Hall–Kier alpha value is -4.02. The Morgan fingerprint density at radius 2 is 1.57 bits per heavy atom. The van der Waals surface area contributed by atoms with Gasteiger partial charge in [0.1, 0.15) is 6.61 Å². The van der Waals surface area contributed by atoms with Crippen molar-refractivity contribution in [3.05, 3.63) is 94.5 Å². The molecule has 0 saturated heterocycles. The fourth-order valence-electron chi connectivity index (χ4n) is 2.92. The summed E-state index contributed by atoms with van der Waals surface area (Å²) < 4.78 is 87.2. The highest BCUT2D eigenvalue weighted by molar-refractivity contribution is 5.95. The molecule has 5 nitrogen and oxygen atoms in total. The summed E-state index contributed by atoms with van der Waals surface area (Å²) in [5.74, 6) is -0.158. The first-order valence-electron chi connectivity index (χ1n) is 9.95. The Kier molecular flexibility index (Phi) is 7.68. The van der Waals surface area contributed by atoms with Crippen LogP contribution >= 0.6 is 0 Å². The van der Waals surface area contributed by atoms with Gasteiger partial charge in [-0.15, -0.1) is 0 Å². The van der Waals surface area contributed by atoms with E-state index < -0.39 is 29.4 Å². The second-order valence-corrected chi connectivity index (χ2v) is 7.17. The third-order valence-electron chi connectivity index (χ3n) is 4.69. The van der Waals surface area contributed by atoms with Gasteiger partial charge < -0.3 is 9.47 Å². The Morgan fingerprint density at radius 3 is 2.20 bits per heavy atom. The van der Waals surface area contributed by atoms with Gasteiger partial charge in [-0.2, -0.15) is 31.4 Å². The highest BCUT2D eigenvalue weighted by atomic mass is 19.4. The number of amides is 1. The summed E-state index contributed by atoms with van der Waals surface area (Å²) in [5.41, 5.74) is 1.35. The quantitative estimate of drug-likeness (QED) is 0.245. The Balaban J connectivity index is 1.62. The van der Waals surface area contributed by atoms with Gasteiger partial charge in [0.05, 0.1) is 24.5 Å². The first-order valence-corrected chi connectivity index (χ1v) is 9.95. The number of carbonyl (C=O) groups excluding carboxylic acids is 1. The predicted molar refractivity (Wildman–Crippen MR) is 115 cm³/mol. The number of hydrogen-bond acceptors (Lipinski definition) is 4. The molecule has 35 heavy (non-hydrogen) atoms. The van der Waals surface area contributed by atoms with Crippen LogP contribution in [-0.4, -0.2) is 19.2 Å². The van der Waals surface area contributed by atoms with Crippen molar-refractivity contribution in [2.45, 2.75) is 19.0 Å². The molecule has 0 atom stereocenters. The smallest absolute Gasteiger partial charge is 0.416 e. The highest BCUT2D eigenvalue weighted by Crippen LogP contribution is 2.31. The van der Waals surface area contributed by atoms with Crippen molar-refractivity contribution in [1.82, 2.24) is 5.43 Å². The normalized spacial score (nSPS) is 12.0. The minimum Gasteiger partial charge on any atom is -0.493 e. The molecule has 1 amide bonds. The van der Waals surface area contributed by atoms with Crippen LogP contribution in [0.25, 0.3) is 0 Å². The SMILES string of the molecule is COc1cc(C=NNC(=O)c2ccc(C(F)(F)F)cc2)ccc1OCc1cccc(C(F)(F)F)c1. The third-order valence-corrected chi connectivity index (χ3v) is 4.69. The number of benzene rings is 3. The zero-order valence-corrected chi connectivity index (χ0v) is 18.1. The number of hydrazone groups is 1. The van der Waals surface area contributed by atoms with Gasteiger partial charge in [0.25, 0.3) is 5.91 Å². The van der Waals surface area contributed by atoms with Gasteiger partial charge in [-0.05, 0) is 65.7 Å². The standard InChI is InChI=1S/C24H18F6N2O3/c1-34-21-12-15(13-31-32-22(33)17-6-8-18(9-7-17)23(25,26)27)5-10-20(21)35-14-16-3-2-4-19(11-16)24(28,29)30/h2-13H,14H2,1H3,(H,32,33). The number of ether oxygens (including phenoxy) is 2. The predicted octanol–water partition coefficient (Wildman–Crippen LogP) is 6.08. The summed E-state index contributed by atoms with van der Waals surface area (Å²) in [5, 5.41) is 3.77. The molecular weight excluding hydrogens is 478 g/mol. The van der Waals surface area contributed by atoms with E-state index in [4.69, 9.17) is 9.47 Å². The molecular formula is C24H18F6N2O3. The number of rotatable bonds is 7. The first kappa shape index (κ1) is 25.6. The van der Waals surface area contributed by atoms with E-state index in [-0.39, 0.29) is 23.7 Å². The lowest BCUT2D eigenvalue weighted by Crippen LogP contribution is -2.18. The molecule has 184 valence electrons. The van der Waals surface area contributed by atoms with E-state index in [0.29, 0.717) is 11.1 Å². The van der Waals surface area contributed by atoms with Gasteiger partial charge >= 0.3 is 12.4 Å². The molecule has 0 unspecified atom stereocenters. The molecule has 0 aliphatic heterocycles. The average Bonchev–Trinajstić information content (AvgIpc) is 2.82. The van der Waals surface area contributed by atoms with Crippen molar-refractivity contribution < 1.29 is 40.6 Å². The lowest BCUT2D eigenvalue weighted by Gasteiger charge is -2.12. The Labute approximate surface area is 196 Å². The van der Waals surface area contributed by atoms with Crippen molar-refractivity contribution in [2.75, 3.05) is 7.11 Å². The molecule has 3 aromatic rings. The Morgan fingerprint density at radius 1 is 0.886 bits per heavy atom.